The summed E-state index contributed by atoms with van der Waals surface area (Å²) in [7, 11) is -3.43. The fourth-order valence-electron chi connectivity index (χ4n) is 2.07. The molecule has 3 nitrogen and oxygen atoms in total. The lowest BCUT2D eigenvalue weighted by atomic mass is 10.2. The summed E-state index contributed by atoms with van der Waals surface area (Å²) in [5.74, 6) is 0. The van der Waals surface area contributed by atoms with E-state index in [-0.39, 0.29) is 4.90 Å². The fraction of sp³-hybridized carbons (Fsp3) is 0.500. The van der Waals surface area contributed by atoms with E-state index in [2.05, 4.69) is 15.9 Å². The van der Waals surface area contributed by atoms with Gasteiger partial charge in [0.05, 0.1) is 4.90 Å². The first-order valence-corrected chi connectivity index (χ1v) is 8.50. The Labute approximate surface area is 121 Å². The molecule has 0 aliphatic carbocycles. The molecule has 1 aromatic rings. The van der Waals surface area contributed by atoms with E-state index in [4.69, 9.17) is 11.6 Å². The molecule has 1 aromatic carbocycles. The summed E-state index contributed by atoms with van der Waals surface area (Å²) in [5.41, 5.74) is 0.862. The second kappa shape index (κ2) is 5.49. The highest BCUT2D eigenvalue weighted by Crippen LogP contribution is 2.31. The molecule has 1 fully saturated rings. The summed E-state index contributed by atoms with van der Waals surface area (Å²) >= 11 is 9.35. The smallest absolute Gasteiger partial charge is 0.207 e. The van der Waals surface area contributed by atoms with Crippen LogP contribution in [0.15, 0.2) is 21.5 Å². The van der Waals surface area contributed by atoms with Crippen molar-refractivity contribution >= 4 is 37.6 Å². The van der Waals surface area contributed by atoms with Gasteiger partial charge in [0.25, 0.3) is 0 Å². The highest BCUT2D eigenvalue weighted by molar-refractivity contribution is 9.10. The Morgan fingerprint density at radius 3 is 2.44 bits per heavy atom. The quantitative estimate of drug-likeness (QED) is 0.816. The molecule has 0 amide bonds. The molecule has 2 rings (SSSR count). The summed E-state index contributed by atoms with van der Waals surface area (Å²) in [5, 5.41) is 0.480. The molecule has 0 radical (unpaired) electrons. The number of halogens is 2. The molecule has 1 aliphatic rings. The number of hydrogen-bond donors (Lipinski definition) is 0. The van der Waals surface area contributed by atoms with Crippen LogP contribution in [0.1, 0.15) is 24.8 Å². The van der Waals surface area contributed by atoms with Crippen LogP contribution in [0.5, 0.6) is 0 Å². The van der Waals surface area contributed by atoms with Gasteiger partial charge < -0.3 is 0 Å². The van der Waals surface area contributed by atoms with Crippen molar-refractivity contribution < 1.29 is 8.42 Å². The van der Waals surface area contributed by atoms with Crippen molar-refractivity contribution in [1.29, 1.82) is 0 Å². The van der Waals surface area contributed by atoms with E-state index in [1.165, 1.54) is 6.07 Å². The predicted octanol–water partition coefficient (Wildman–Crippen LogP) is 3.59. The minimum absolute atomic E-state index is 0.264. The Hall–Kier alpha value is -0.100. The van der Waals surface area contributed by atoms with Crippen LogP contribution in [0, 0.1) is 6.92 Å². The average molecular weight is 353 g/mol. The number of hydrogen-bond acceptors (Lipinski definition) is 2. The predicted molar refractivity (Wildman–Crippen MR) is 76.5 cm³/mol. The van der Waals surface area contributed by atoms with Crippen molar-refractivity contribution in [2.45, 2.75) is 31.1 Å². The maximum atomic E-state index is 12.5. The highest BCUT2D eigenvalue weighted by Gasteiger charge is 2.28. The van der Waals surface area contributed by atoms with Crippen LogP contribution in [-0.4, -0.2) is 25.8 Å². The van der Waals surface area contributed by atoms with Gasteiger partial charge in [-0.2, -0.15) is 4.31 Å². The molecule has 0 atom stereocenters. The average Bonchev–Trinajstić information content (AvgIpc) is 2.34. The molecule has 0 N–H and O–H groups in total. The number of rotatable bonds is 2. The Morgan fingerprint density at radius 2 is 1.83 bits per heavy atom. The first-order valence-electron chi connectivity index (χ1n) is 5.89. The van der Waals surface area contributed by atoms with Crippen LogP contribution < -0.4 is 0 Å². The zero-order valence-electron chi connectivity index (χ0n) is 10.1. The SMILES string of the molecule is Cc1cc(Br)c(S(=O)(=O)N2CCCCC2)cc1Cl. The molecule has 0 unspecified atom stereocenters. The summed E-state index contributed by atoms with van der Waals surface area (Å²) in [6, 6.07) is 3.28. The van der Waals surface area contributed by atoms with Gasteiger partial charge in [-0.15, -0.1) is 0 Å². The van der Waals surface area contributed by atoms with Crippen LogP contribution in [-0.2, 0) is 10.0 Å². The molecule has 0 aromatic heterocycles. The highest BCUT2D eigenvalue weighted by atomic mass is 79.9. The number of aryl methyl sites for hydroxylation is 1. The minimum Gasteiger partial charge on any atom is -0.207 e. The van der Waals surface area contributed by atoms with Gasteiger partial charge >= 0.3 is 0 Å². The zero-order valence-corrected chi connectivity index (χ0v) is 13.3. The van der Waals surface area contributed by atoms with Crippen molar-refractivity contribution in [2.24, 2.45) is 0 Å². The lowest BCUT2D eigenvalue weighted by Crippen LogP contribution is -2.35. The largest absolute Gasteiger partial charge is 0.244 e. The van der Waals surface area contributed by atoms with Crippen molar-refractivity contribution in [2.75, 3.05) is 13.1 Å². The third-order valence-corrected chi connectivity index (χ3v) is 6.41. The van der Waals surface area contributed by atoms with Gasteiger partial charge in [0, 0.05) is 22.6 Å². The van der Waals surface area contributed by atoms with Gasteiger partial charge in [-0.05, 0) is 53.4 Å². The molecule has 1 saturated heterocycles. The maximum absolute atomic E-state index is 12.5. The van der Waals surface area contributed by atoms with E-state index in [0.29, 0.717) is 22.6 Å². The number of sulfonamides is 1. The molecule has 0 spiro atoms. The number of piperidine rings is 1. The van der Waals surface area contributed by atoms with Crippen molar-refractivity contribution in [3.63, 3.8) is 0 Å². The minimum atomic E-state index is -3.43. The van der Waals surface area contributed by atoms with Crippen molar-refractivity contribution in [1.82, 2.24) is 4.31 Å². The van der Waals surface area contributed by atoms with E-state index in [1.807, 2.05) is 6.92 Å². The Bertz CT molecular complexity index is 553. The van der Waals surface area contributed by atoms with E-state index >= 15 is 0 Å². The van der Waals surface area contributed by atoms with Crippen LogP contribution >= 0.6 is 27.5 Å². The molecule has 1 heterocycles. The van der Waals surface area contributed by atoms with E-state index in [0.717, 1.165) is 24.8 Å². The van der Waals surface area contributed by atoms with E-state index in [1.54, 1.807) is 10.4 Å². The van der Waals surface area contributed by atoms with Gasteiger partial charge in [-0.25, -0.2) is 8.42 Å². The van der Waals surface area contributed by atoms with Gasteiger partial charge in [-0.3, -0.25) is 0 Å². The van der Waals surface area contributed by atoms with Gasteiger partial charge in [0.2, 0.25) is 10.0 Å². The zero-order chi connectivity index (χ0) is 13.3. The standard InChI is InChI=1S/C12H15BrClNO2S/c1-9-7-10(13)12(8-11(9)14)18(16,17)15-5-3-2-4-6-15/h7-8H,2-6H2,1H3. The first kappa shape index (κ1) is 14.3. The first-order chi connectivity index (χ1) is 8.43. The topological polar surface area (TPSA) is 37.4 Å². The molecule has 6 heteroatoms. The second-order valence-electron chi connectivity index (χ2n) is 4.50. The Kier molecular flexibility index (Phi) is 4.36. The fourth-order valence-corrected chi connectivity index (χ4v) is 4.96. The molecular weight excluding hydrogens is 338 g/mol. The van der Waals surface area contributed by atoms with Gasteiger partial charge in [0.1, 0.15) is 0 Å². The maximum Gasteiger partial charge on any atom is 0.244 e. The van der Waals surface area contributed by atoms with E-state index in [9.17, 15) is 8.42 Å². The van der Waals surface area contributed by atoms with Crippen molar-refractivity contribution in [3.8, 4) is 0 Å². The van der Waals surface area contributed by atoms with Crippen LogP contribution in [0.2, 0.25) is 5.02 Å². The summed E-state index contributed by atoms with van der Waals surface area (Å²) in [4.78, 5) is 0.264. The second-order valence-corrected chi connectivity index (χ2v) is 7.66. The van der Waals surface area contributed by atoms with Gasteiger partial charge in [0.15, 0.2) is 0 Å². The monoisotopic (exact) mass is 351 g/mol. The third kappa shape index (κ3) is 2.74. The normalized spacial score (nSPS) is 17.9. The number of nitrogens with zero attached hydrogens (tertiary/aromatic N) is 1. The molecular formula is C12H15BrClNO2S. The molecule has 100 valence electrons. The van der Waals surface area contributed by atoms with Gasteiger partial charge in [-0.1, -0.05) is 18.0 Å². The molecule has 0 saturated carbocycles. The van der Waals surface area contributed by atoms with Crippen LogP contribution in [0.25, 0.3) is 0 Å². The molecule has 0 bridgehead atoms. The molecule has 1 aliphatic heterocycles. The molecule has 18 heavy (non-hydrogen) atoms. The summed E-state index contributed by atoms with van der Waals surface area (Å²) in [6.45, 7) is 3.05. The Balaban J connectivity index is 2.43. The lowest BCUT2D eigenvalue weighted by molar-refractivity contribution is 0.346. The summed E-state index contributed by atoms with van der Waals surface area (Å²) in [6.07, 6.45) is 2.95. The summed E-state index contributed by atoms with van der Waals surface area (Å²) < 4.78 is 27.1. The van der Waals surface area contributed by atoms with Crippen LogP contribution in [0.3, 0.4) is 0 Å². The third-order valence-electron chi connectivity index (χ3n) is 3.15. The number of benzene rings is 1. The van der Waals surface area contributed by atoms with E-state index < -0.39 is 10.0 Å². The van der Waals surface area contributed by atoms with Crippen molar-refractivity contribution in [3.05, 3.63) is 27.2 Å². The Morgan fingerprint density at radius 1 is 1.22 bits per heavy atom. The van der Waals surface area contributed by atoms with Crippen LogP contribution in [0.4, 0.5) is 0 Å². The lowest BCUT2D eigenvalue weighted by Gasteiger charge is -2.26.